The molecule has 7 nitrogen and oxygen atoms in total. The van der Waals surface area contributed by atoms with Gasteiger partial charge in [-0.25, -0.2) is 9.78 Å². The zero-order valence-corrected chi connectivity index (χ0v) is 14.9. The number of fused-ring (bicyclic) bond motifs is 1. The van der Waals surface area contributed by atoms with Gasteiger partial charge in [0.1, 0.15) is 0 Å². The molecule has 2 rings (SSSR count). The first-order valence-electron chi connectivity index (χ1n) is 7.41. The molecule has 2 N–H and O–H groups in total. The Morgan fingerprint density at radius 3 is 2.70 bits per heavy atom. The number of hydrogen-bond acceptors (Lipinski definition) is 5. The van der Waals surface area contributed by atoms with E-state index in [0.29, 0.717) is 34.5 Å². The Balaban J connectivity index is 2.53. The Morgan fingerprint density at radius 1 is 1.39 bits per heavy atom. The Bertz CT molecular complexity index is 796. The van der Waals surface area contributed by atoms with E-state index in [1.807, 2.05) is 4.57 Å². The van der Waals surface area contributed by atoms with Crippen LogP contribution in [0.2, 0.25) is 0 Å². The van der Waals surface area contributed by atoms with E-state index >= 15 is 0 Å². The fourth-order valence-corrected chi connectivity index (χ4v) is 3.32. The highest BCUT2D eigenvalue weighted by Gasteiger charge is 2.18. The molecule has 0 fully saturated rings. The predicted molar refractivity (Wildman–Crippen MR) is 92.5 cm³/mol. The maximum Gasteiger partial charge on any atom is 0.329 e. The van der Waals surface area contributed by atoms with Crippen molar-refractivity contribution >= 4 is 34.5 Å². The van der Waals surface area contributed by atoms with E-state index < -0.39 is 17.4 Å². The van der Waals surface area contributed by atoms with Crippen molar-refractivity contribution in [2.75, 3.05) is 11.6 Å². The third-order valence-corrected chi connectivity index (χ3v) is 4.96. The highest BCUT2D eigenvalue weighted by atomic mass is 35.5. The Morgan fingerprint density at radius 2 is 2.09 bits per heavy atom. The highest BCUT2D eigenvalue weighted by Crippen LogP contribution is 2.23. The summed E-state index contributed by atoms with van der Waals surface area (Å²) >= 11 is 6.95. The van der Waals surface area contributed by atoms with E-state index in [-0.39, 0.29) is 5.88 Å². The van der Waals surface area contributed by atoms with Gasteiger partial charge in [0.2, 0.25) is 0 Å². The molecule has 0 radical (unpaired) electrons. The zero-order valence-electron chi connectivity index (χ0n) is 13.4. The fraction of sp³-hybridized carbons (Fsp3) is 0.643. The van der Waals surface area contributed by atoms with Crippen LogP contribution in [-0.4, -0.2) is 41.9 Å². The number of imidazole rings is 1. The monoisotopic (exact) mass is 360 g/mol. The standard InChI is InChI=1S/C14H21ClN4O3S/c1-8(2)4-5-19-10-11(18(3)13(22)17-12(10)21)16-14(19)23-7-9(20)6-15/h8-9,20H,4-7H2,1-3H3,(H,17,21,22). The lowest BCUT2D eigenvalue weighted by Crippen LogP contribution is -2.29. The predicted octanol–water partition coefficient (Wildman–Crippen LogP) is 1.16. The molecule has 0 aromatic carbocycles. The number of halogens is 1. The number of aliphatic hydroxyl groups is 1. The number of hydrogen-bond donors (Lipinski definition) is 2. The minimum absolute atomic E-state index is 0.137. The minimum atomic E-state index is -0.651. The number of aromatic nitrogens is 4. The molecule has 0 saturated heterocycles. The smallest absolute Gasteiger partial charge is 0.329 e. The number of aliphatic hydroxyl groups excluding tert-OH is 1. The topological polar surface area (TPSA) is 92.9 Å². The molecule has 0 aliphatic rings. The summed E-state index contributed by atoms with van der Waals surface area (Å²) in [5.74, 6) is 0.976. The van der Waals surface area contributed by atoms with E-state index in [1.165, 1.54) is 16.3 Å². The van der Waals surface area contributed by atoms with Crippen molar-refractivity contribution in [1.29, 1.82) is 0 Å². The minimum Gasteiger partial charge on any atom is -0.391 e. The van der Waals surface area contributed by atoms with Gasteiger partial charge in [0, 0.05) is 25.2 Å². The summed E-state index contributed by atoms with van der Waals surface area (Å²) in [5.41, 5.74) is -0.196. The second-order valence-corrected chi connectivity index (χ2v) is 7.13. The normalized spacial score (nSPS) is 13.1. The fourth-order valence-electron chi connectivity index (χ4n) is 2.13. The lowest BCUT2D eigenvalue weighted by atomic mass is 10.1. The van der Waals surface area contributed by atoms with Gasteiger partial charge < -0.3 is 9.67 Å². The molecule has 128 valence electrons. The Kier molecular flexibility index (Phi) is 5.94. The van der Waals surface area contributed by atoms with Crippen molar-refractivity contribution in [3.05, 3.63) is 20.8 Å². The number of rotatable bonds is 7. The van der Waals surface area contributed by atoms with E-state index in [4.69, 9.17) is 11.6 Å². The van der Waals surface area contributed by atoms with Gasteiger partial charge in [-0.2, -0.15) is 0 Å². The molecule has 0 saturated carbocycles. The summed E-state index contributed by atoms with van der Waals surface area (Å²) in [5, 5.41) is 10.3. The first kappa shape index (κ1) is 18.1. The second-order valence-electron chi connectivity index (χ2n) is 5.84. The van der Waals surface area contributed by atoms with Crippen LogP contribution < -0.4 is 11.2 Å². The van der Waals surface area contributed by atoms with Crippen LogP contribution in [0.15, 0.2) is 14.7 Å². The lowest BCUT2D eigenvalue weighted by molar-refractivity contribution is 0.223. The van der Waals surface area contributed by atoms with Crippen LogP contribution in [0.3, 0.4) is 0 Å². The van der Waals surface area contributed by atoms with Gasteiger partial charge in [-0.05, 0) is 12.3 Å². The number of aromatic amines is 1. The molecule has 1 atom stereocenters. The van der Waals surface area contributed by atoms with Crippen LogP contribution in [0.4, 0.5) is 0 Å². The van der Waals surface area contributed by atoms with Crippen LogP contribution in [-0.2, 0) is 13.6 Å². The molecular weight excluding hydrogens is 340 g/mol. The summed E-state index contributed by atoms with van der Waals surface area (Å²) in [4.78, 5) is 30.7. The second kappa shape index (κ2) is 7.55. The third-order valence-electron chi connectivity index (χ3n) is 3.49. The molecule has 9 heteroatoms. The summed E-state index contributed by atoms with van der Waals surface area (Å²) in [7, 11) is 1.57. The molecular formula is C14H21ClN4O3S. The molecule has 0 amide bonds. The summed E-state index contributed by atoms with van der Waals surface area (Å²) in [6.07, 6.45) is 0.224. The number of aryl methyl sites for hydroxylation is 2. The number of thioether (sulfide) groups is 1. The van der Waals surface area contributed by atoms with Crippen molar-refractivity contribution in [3.63, 3.8) is 0 Å². The summed E-state index contributed by atoms with van der Waals surface area (Å²) in [6.45, 7) is 4.82. The summed E-state index contributed by atoms with van der Waals surface area (Å²) in [6, 6.07) is 0. The average molecular weight is 361 g/mol. The lowest BCUT2D eigenvalue weighted by Gasteiger charge is -2.11. The van der Waals surface area contributed by atoms with Gasteiger partial charge >= 0.3 is 5.69 Å². The van der Waals surface area contributed by atoms with Gasteiger partial charge in [-0.3, -0.25) is 14.3 Å². The van der Waals surface area contributed by atoms with E-state index in [9.17, 15) is 14.7 Å². The average Bonchev–Trinajstić information content (AvgIpc) is 2.87. The number of nitrogens with one attached hydrogen (secondary N) is 1. The van der Waals surface area contributed by atoms with Crippen molar-refractivity contribution in [2.45, 2.75) is 38.1 Å². The van der Waals surface area contributed by atoms with Gasteiger partial charge in [0.05, 0.1) is 6.10 Å². The maximum absolute atomic E-state index is 12.2. The first-order chi connectivity index (χ1) is 10.8. The van der Waals surface area contributed by atoms with Gasteiger partial charge in [0.15, 0.2) is 16.3 Å². The van der Waals surface area contributed by atoms with Crippen LogP contribution in [0.5, 0.6) is 0 Å². The van der Waals surface area contributed by atoms with Crippen LogP contribution in [0.1, 0.15) is 20.3 Å². The van der Waals surface area contributed by atoms with Crippen molar-refractivity contribution in [3.8, 4) is 0 Å². The van der Waals surface area contributed by atoms with Crippen molar-refractivity contribution in [2.24, 2.45) is 13.0 Å². The molecule has 2 aromatic rings. The number of nitrogens with zero attached hydrogens (tertiary/aromatic N) is 3. The number of alkyl halides is 1. The van der Waals surface area contributed by atoms with Crippen LogP contribution in [0.25, 0.3) is 11.2 Å². The number of H-pyrrole nitrogens is 1. The SMILES string of the molecule is CC(C)CCn1c(SCC(O)CCl)nc2c1c(=O)[nH]c(=O)n2C. The summed E-state index contributed by atoms with van der Waals surface area (Å²) < 4.78 is 3.14. The molecule has 0 aliphatic heterocycles. The zero-order chi connectivity index (χ0) is 17.1. The Hall–Kier alpha value is -1.25. The molecule has 2 aromatic heterocycles. The van der Waals surface area contributed by atoms with Gasteiger partial charge in [-0.15, -0.1) is 11.6 Å². The Labute approximate surface area is 142 Å². The molecule has 2 heterocycles. The van der Waals surface area contributed by atoms with Crippen molar-refractivity contribution < 1.29 is 5.11 Å². The largest absolute Gasteiger partial charge is 0.391 e. The first-order valence-corrected chi connectivity index (χ1v) is 8.93. The molecule has 0 bridgehead atoms. The molecule has 23 heavy (non-hydrogen) atoms. The third kappa shape index (κ3) is 3.99. The van der Waals surface area contributed by atoms with Crippen LogP contribution in [0, 0.1) is 5.92 Å². The van der Waals surface area contributed by atoms with E-state index in [2.05, 4.69) is 23.8 Å². The van der Waals surface area contributed by atoms with E-state index in [0.717, 1.165) is 6.42 Å². The van der Waals surface area contributed by atoms with Gasteiger partial charge in [0.25, 0.3) is 5.56 Å². The molecule has 0 spiro atoms. The van der Waals surface area contributed by atoms with Crippen LogP contribution >= 0.6 is 23.4 Å². The quantitative estimate of drug-likeness (QED) is 0.571. The highest BCUT2D eigenvalue weighted by molar-refractivity contribution is 7.99. The molecule has 0 aliphatic carbocycles. The maximum atomic E-state index is 12.2. The van der Waals surface area contributed by atoms with E-state index in [1.54, 1.807) is 7.05 Å². The van der Waals surface area contributed by atoms with Gasteiger partial charge in [-0.1, -0.05) is 25.6 Å². The molecule has 1 unspecified atom stereocenters. The van der Waals surface area contributed by atoms with Crippen molar-refractivity contribution in [1.82, 2.24) is 19.1 Å².